The molecule has 2 aromatic rings. The first-order valence-electron chi connectivity index (χ1n) is 7.21. The predicted molar refractivity (Wildman–Crippen MR) is 78.2 cm³/mol. The van der Waals surface area contributed by atoms with Crippen molar-refractivity contribution in [1.29, 1.82) is 0 Å². The fourth-order valence-electron chi connectivity index (χ4n) is 2.28. The average molecular weight is 275 g/mol. The predicted octanol–water partition coefficient (Wildman–Crippen LogP) is 2.47. The maximum Gasteiger partial charge on any atom is 0.163 e. The molecule has 0 saturated carbocycles. The summed E-state index contributed by atoms with van der Waals surface area (Å²) >= 11 is 0. The zero-order chi connectivity index (χ0) is 13.9. The van der Waals surface area contributed by atoms with Crippen LogP contribution >= 0.6 is 0 Å². The molecule has 2 N–H and O–H groups in total. The summed E-state index contributed by atoms with van der Waals surface area (Å²) in [6.45, 7) is 7.52. The molecule has 5 heteroatoms. The topological polar surface area (TPSA) is 59.2 Å². The normalized spacial score (nSPS) is 14.8. The second kappa shape index (κ2) is 5.71. The Hall–Kier alpha value is -1.75. The van der Waals surface area contributed by atoms with Crippen molar-refractivity contribution in [1.82, 2.24) is 15.3 Å². The Morgan fingerprint density at radius 3 is 2.75 bits per heavy atom. The van der Waals surface area contributed by atoms with Crippen LogP contribution in [0.15, 0.2) is 12.1 Å². The van der Waals surface area contributed by atoms with E-state index in [1.165, 1.54) is 0 Å². The summed E-state index contributed by atoms with van der Waals surface area (Å²) in [4.78, 5) is 7.93. The lowest BCUT2D eigenvalue weighted by Gasteiger charge is -2.05. The van der Waals surface area contributed by atoms with E-state index in [1.54, 1.807) is 0 Å². The molecule has 0 fully saturated rings. The van der Waals surface area contributed by atoms with E-state index in [0.717, 1.165) is 47.9 Å². The minimum absolute atomic E-state index is 0.636. The van der Waals surface area contributed by atoms with Crippen molar-refractivity contribution in [2.45, 2.75) is 26.8 Å². The lowest BCUT2D eigenvalue weighted by atomic mass is 10.2. The van der Waals surface area contributed by atoms with Crippen LogP contribution in [0.1, 0.15) is 26.1 Å². The SMILES string of the molecule is CC(C)CNCc1nc2cc3c(cc2[nH]1)OCCCO3. The van der Waals surface area contributed by atoms with Crippen molar-refractivity contribution in [2.24, 2.45) is 5.92 Å². The van der Waals surface area contributed by atoms with E-state index in [4.69, 9.17) is 9.47 Å². The molecule has 1 aromatic carbocycles. The van der Waals surface area contributed by atoms with E-state index in [0.29, 0.717) is 19.1 Å². The Kier molecular flexibility index (Phi) is 3.78. The minimum Gasteiger partial charge on any atom is -0.489 e. The number of benzene rings is 1. The molecule has 1 aliphatic rings. The van der Waals surface area contributed by atoms with E-state index in [9.17, 15) is 0 Å². The number of imidazole rings is 1. The van der Waals surface area contributed by atoms with Gasteiger partial charge in [0.1, 0.15) is 5.82 Å². The third kappa shape index (κ3) is 2.88. The van der Waals surface area contributed by atoms with E-state index < -0.39 is 0 Å². The van der Waals surface area contributed by atoms with Crippen LogP contribution in [-0.4, -0.2) is 29.7 Å². The summed E-state index contributed by atoms with van der Waals surface area (Å²) in [7, 11) is 0. The summed E-state index contributed by atoms with van der Waals surface area (Å²) in [6, 6.07) is 3.94. The average Bonchev–Trinajstić information content (AvgIpc) is 2.64. The van der Waals surface area contributed by atoms with Gasteiger partial charge < -0.3 is 19.8 Å². The zero-order valence-electron chi connectivity index (χ0n) is 12.0. The molecule has 5 nitrogen and oxygen atoms in total. The third-order valence-electron chi connectivity index (χ3n) is 3.25. The summed E-state index contributed by atoms with van der Waals surface area (Å²) in [5, 5.41) is 3.39. The van der Waals surface area contributed by atoms with Gasteiger partial charge in [-0.2, -0.15) is 0 Å². The quantitative estimate of drug-likeness (QED) is 0.900. The molecule has 3 rings (SSSR count). The fourth-order valence-corrected chi connectivity index (χ4v) is 2.28. The van der Waals surface area contributed by atoms with Gasteiger partial charge in [0.25, 0.3) is 0 Å². The number of ether oxygens (including phenoxy) is 2. The monoisotopic (exact) mass is 275 g/mol. The first kappa shape index (κ1) is 13.2. The molecule has 0 radical (unpaired) electrons. The highest BCUT2D eigenvalue weighted by molar-refractivity contribution is 5.79. The Bertz CT molecular complexity index is 549. The molecule has 2 heterocycles. The van der Waals surface area contributed by atoms with Crippen LogP contribution in [0.2, 0.25) is 0 Å². The Balaban J connectivity index is 1.80. The van der Waals surface area contributed by atoms with Gasteiger partial charge in [-0.25, -0.2) is 4.98 Å². The number of rotatable bonds is 4. The molecule has 20 heavy (non-hydrogen) atoms. The second-order valence-corrected chi connectivity index (χ2v) is 5.57. The lowest BCUT2D eigenvalue weighted by molar-refractivity contribution is 0.297. The standard InChI is InChI=1S/C15H21N3O2/c1-10(2)8-16-9-15-17-11-6-13-14(7-12(11)18-15)20-5-3-4-19-13/h6-7,10,16H,3-5,8-9H2,1-2H3,(H,17,18). The third-order valence-corrected chi connectivity index (χ3v) is 3.25. The second-order valence-electron chi connectivity index (χ2n) is 5.57. The van der Waals surface area contributed by atoms with Crippen molar-refractivity contribution in [3.05, 3.63) is 18.0 Å². The number of hydrogen-bond acceptors (Lipinski definition) is 4. The van der Waals surface area contributed by atoms with Crippen LogP contribution in [0.5, 0.6) is 11.5 Å². The maximum absolute atomic E-state index is 5.69. The molecule has 0 spiro atoms. The van der Waals surface area contributed by atoms with Crippen molar-refractivity contribution in [3.8, 4) is 11.5 Å². The Morgan fingerprint density at radius 2 is 2.00 bits per heavy atom. The highest BCUT2D eigenvalue weighted by atomic mass is 16.5. The number of nitrogens with zero attached hydrogens (tertiary/aromatic N) is 1. The molecular formula is C15H21N3O2. The zero-order valence-corrected chi connectivity index (χ0v) is 12.0. The largest absolute Gasteiger partial charge is 0.489 e. The van der Waals surface area contributed by atoms with Gasteiger partial charge in [0.05, 0.1) is 30.8 Å². The van der Waals surface area contributed by atoms with Gasteiger partial charge in [0.2, 0.25) is 0 Å². The number of nitrogens with one attached hydrogen (secondary N) is 2. The highest BCUT2D eigenvalue weighted by Crippen LogP contribution is 2.33. The van der Waals surface area contributed by atoms with E-state index in [1.807, 2.05) is 12.1 Å². The van der Waals surface area contributed by atoms with Crippen LogP contribution in [0.4, 0.5) is 0 Å². The smallest absolute Gasteiger partial charge is 0.163 e. The number of aromatic nitrogens is 2. The minimum atomic E-state index is 0.636. The van der Waals surface area contributed by atoms with Crippen molar-refractivity contribution in [3.63, 3.8) is 0 Å². The highest BCUT2D eigenvalue weighted by Gasteiger charge is 2.13. The van der Waals surface area contributed by atoms with Crippen LogP contribution < -0.4 is 14.8 Å². The molecule has 1 aromatic heterocycles. The van der Waals surface area contributed by atoms with Crippen molar-refractivity contribution < 1.29 is 9.47 Å². The van der Waals surface area contributed by atoms with Crippen LogP contribution in [0, 0.1) is 5.92 Å². The van der Waals surface area contributed by atoms with Crippen molar-refractivity contribution >= 4 is 11.0 Å². The summed E-state index contributed by atoms with van der Waals surface area (Å²) in [6.07, 6.45) is 0.917. The van der Waals surface area contributed by atoms with Gasteiger partial charge in [-0.3, -0.25) is 0 Å². The Morgan fingerprint density at radius 1 is 1.25 bits per heavy atom. The molecule has 1 aliphatic heterocycles. The van der Waals surface area contributed by atoms with Crippen molar-refractivity contribution in [2.75, 3.05) is 19.8 Å². The molecular weight excluding hydrogens is 254 g/mol. The van der Waals surface area contributed by atoms with Gasteiger partial charge in [-0.15, -0.1) is 0 Å². The first-order chi connectivity index (χ1) is 9.72. The van der Waals surface area contributed by atoms with Gasteiger partial charge in [-0.1, -0.05) is 13.8 Å². The van der Waals surface area contributed by atoms with E-state index >= 15 is 0 Å². The van der Waals surface area contributed by atoms with Gasteiger partial charge in [0, 0.05) is 18.6 Å². The fraction of sp³-hybridized carbons (Fsp3) is 0.533. The summed E-state index contributed by atoms with van der Waals surface area (Å²) in [5.74, 6) is 3.18. The first-order valence-corrected chi connectivity index (χ1v) is 7.21. The molecule has 0 bridgehead atoms. The van der Waals surface area contributed by atoms with Gasteiger partial charge in [-0.05, 0) is 12.5 Å². The number of fused-ring (bicyclic) bond motifs is 2. The Labute approximate surface area is 118 Å². The molecule has 0 amide bonds. The summed E-state index contributed by atoms with van der Waals surface area (Å²) in [5.41, 5.74) is 1.92. The molecule has 0 atom stereocenters. The number of hydrogen-bond donors (Lipinski definition) is 2. The van der Waals surface area contributed by atoms with Crippen LogP contribution in [-0.2, 0) is 6.54 Å². The van der Waals surface area contributed by atoms with E-state index in [2.05, 4.69) is 29.1 Å². The number of aromatic amines is 1. The van der Waals surface area contributed by atoms with Gasteiger partial charge >= 0.3 is 0 Å². The maximum atomic E-state index is 5.69. The van der Waals surface area contributed by atoms with Gasteiger partial charge in [0.15, 0.2) is 11.5 Å². The molecule has 0 saturated heterocycles. The molecule has 0 unspecified atom stereocenters. The lowest BCUT2D eigenvalue weighted by Crippen LogP contribution is -2.19. The number of H-pyrrole nitrogens is 1. The van der Waals surface area contributed by atoms with Crippen LogP contribution in [0.3, 0.4) is 0 Å². The molecule has 108 valence electrons. The van der Waals surface area contributed by atoms with E-state index in [-0.39, 0.29) is 0 Å². The molecule has 0 aliphatic carbocycles. The summed E-state index contributed by atoms with van der Waals surface area (Å²) < 4.78 is 11.4. The van der Waals surface area contributed by atoms with Crippen LogP contribution in [0.25, 0.3) is 11.0 Å².